The lowest BCUT2D eigenvalue weighted by atomic mass is 9.76. The fourth-order valence-electron chi connectivity index (χ4n) is 7.02. The topological polar surface area (TPSA) is 149 Å². The van der Waals surface area contributed by atoms with E-state index in [1.807, 2.05) is 60.7 Å². The average Bonchev–Trinajstić information content (AvgIpc) is 3.52. The number of rotatable bonds is 20. The van der Waals surface area contributed by atoms with Crippen molar-refractivity contribution in [3.8, 4) is 11.8 Å². The number of nitrogens with one attached hydrogen (secondary N) is 2. The van der Waals surface area contributed by atoms with Gasteiger partial charge in [0.25, 0.3) is 14.1 Å². The van der Waals surface area contributed by atoms with E-state index < -0.39 is 49.8 Å². The maximum Gasteiger partial charge on any atom is 0.330 e. The highest BCUT2D eigenvalue weighted by Crippen LogP contribution is 2.48. The summed E-state index contributed by atoms with van der Waals surface area (Å²) < 4.78 is 40.9. The van der Waals surface area contributed by atoms with Crippen LogP contribution in [-0.2, 0) is 28.8 Å². The van der Waals surface area contributed by atoms with Gasteiger partial charge in [-0.15, -0.1) is 0 Å². The number of nitriles is 1. The monoisotopic (exact) mass is 773 g/mol. The molecule has 14 heteroatoms. The number of H-pyrrole nitrogens is 1. The normalized spacial score (nSPS) is 19.2. The van der Waals surface area contributed by atoms with E-state index in [1.54, 1.807) is 14.2 Å². The van der Waals surface area contributed by atoms with Gasteiger partial charge in [-0.3, -0.25) is 19.7 Å². The van der Waals surface area contributed by atoms with Gasteiger partial charge in [-0.1, -0.05) is 72.8 Å². The minimum atomic E-state index is -1.64. The van der Waals surface area contributed by atoms with Crippen LogP contribution in [0.15, 0.2) is 107 Å². The van der Waals surface area contributed by atoms with Crippen LogP contribution in [0, 0.1) is 11.3 Å². The average molecular weight is 774 g/mol. The van der Waals surface area contributed by atoms with Crippen molar-refractivity contribution in [2.45, 2.75) is 76.2 Å². The fraction of sp³-hybridized carbons (Fsp3) is 0.439. The van der Waals surface area contributed by atoms with Crippen molar-refractivity contribution in [3.05, 3.63) is 135 Å². The molecule has 5 atom stereocenters. The molecule has 55 heavy (non-hydrogen) atoms. The minimum Gasteiger partial charge on any atom is -0.497 e. The Labute approximate surface area is 324 Å². The lowest BCUT2D eigenvalue weighted by Crippen LogP contribution is -2.57. The van der Waals surface area contributed by atoms with E-state index in [2.05, 4.69) is 73.0 Å². The van der Waals surface area contributed by atoms with Crippen LogP contribution in [0.5, 0.6) is 5.75 Å². The highest BCUT2D eigenvalue weighted by atomic mass is 31.2. The van der Waals surface area contributed by atoms with E-state index in [0.29, 0.717) is 5.75 Å². The maximum absolute atomic E-state index is 13.4. The Morgan fingerprint density at radius 2 is 1.49 bits per heavy atom. The second-order valence-corrected chi connectivity index (χ2v) is 15.1. The molecule has 1 aromatic heterocycles. The molecule has 5 rings (SSSR count). The second kappa shape index (κ2) is 20.1. The van der Waals surface area contributed by atoms with E-state index in [0.717, 1.165) is 16.7 Å². The number of hydrogen-bond donors (Lipinski definition) is 2. The van der Waals surface area contributed by atoms with Crippen LogP contribution in [0.4, 0.5) is 0 Å². The fourth-order valence-corrected chi connectivity index (χ4v) is 8.64. The predicted molar refractivity (Wildman–Crippen MR) is 211 cm³/mol. The van der Waals surface area contributed by atoms with Gasteiger partial charge in [0, 0.05) is 31.5 Å². The number of hydrogen-bond acceptors (Lipinski definition) is 11. The van der Waals surface area contributed by atoms with Crippen LogP contribution in [0.1, 0.15) is 57.0 Å². The molecule has 0 bridgehead atoms. The Kier molecular flexibility index (Phi) is 15.3. The van der Waals surface area contributed by atoms with Crippen molar-refractivity contribution in [1.29, 1.82) is 5.26 Å². The van der Waals surface area contributed by atoms with Crippen molar-refractivity contribution in [1.82, 2.24) is 19.5 Å². The Bertz CT molecular complexity index is 1870. The van der Waals surface area contributed by atoms with E-state index in [4.69, 9.17) is 28.0 Å². The third-order valence-electron chi connectivity index (χ3n) is 9.40. The Hall–Kier alpha value is -4.22. The van der Waals surface area contributed by atoms with Crippen molar-refractivity contribution in [2.75, 3.05) is 40.6 Å². The van der Waals surface area contributed by atoms with Crippen LogP contribution in [0.3, 0.4) is 0 Å². The summed E-state index contributed by atoms with van der Waals surface area (Å²) in [5.41, 5.74) is 0.639. The van der Waals surface area contributed by atoms with Gasteiger partial charge < -0.3 is 28.0 Å². The molecule has 0 aliphatic carbocycles. The van der Waals surface area contributed by atoms with Crippen LogP contribution in [0.2, 0.25) is 0 Å². The summed E-state index contributed by atoms with van der Waals surface area (Å²) in [5.74, 6) is 0.706. The summed E-state index contributed by atoms with van der Waals surface area (Å²) in [6, 6.07) is 31.1. The Morgan fingerprint density at radius 1 is 0.873 bits per heavy atom. The molecule has 4 aromatic rings. The van der Waals surface area contributed by atoms with Crippen molar-refractivity contribution < 1.29 is 28.0 Å². The molecule has 0 saturated carbocycles. The third kappa shape index (κ3) is 9.97. The summed E-state index contributed by atoms with van der Waals surface area (Å²) in [5, 5.41) is 13.3. The summed E-state index contributed by atoms with van der Waals surface area (Å²) in [6.07, 6.45) is -0.881. The first-order valence-electron chi connectivity index (χ1n) is 18.5. The number of methoxy groups -OCH3 is 2. The second-order valence-electron chi connectivity index (χ2n) is 13.6. The molecule has 1 aliphatic heterocycles. The predicted octanol–water partition coefficient (Wildman–Crippen LogP) is 5.72. The molecule has 2 heterocycles. The Balaban J connectivity index is 1.69. The first-order valence-corrected chi connectivity index (χ1v) is 19.6. The molecule has 1 fully saturated rings. The molecule has 0 amide bonds. The van der Waals surface area contributed by atoms with Crippen LogP contribution < -0.4 is 21.3 Å². The van der Waals surface area contributed by atoms with Gasteiger partial charge in [0.1, 0.15) is 18.0 Å². The SMILES string of the molecule is COCCO[C@@H]1[C@H](NC(c2ccccc2)(c2ccccc2)c2ccc(OC)cc2)[C@@H](COP(OCCC#N)N(C(C)C)C(C)C)O[C@H]1n1ccc(=O)[nH]c1=O. The zero-order valence-corrected chi connectivity index (χ0v) is 33.2. The molecule has 13 nitrogen and oxygen atoms in total. The number of aromatic nitrogens is 2. The molecule has 1 unspecified atom stereocenters. The van der Waals surface area contributed by atoms with Gasteiger partial charge >= 0.3 is 5.69 Å². The molecule has 1 saturated heterocycles. The number of aromatic amines is 1. The zero-order valence-electron chi connectivity index (χ0n) is 32.3. The standard InChI is InChI=1S/C41H52N5O8P/c1-29(2)46(30(3)4)55(52-25-13-23-42)53-28-35-37(38(51-27-26-49-5)39(54-35)45-24-22-36(47)43-40(45)48)44-41(31-14-9-7-10-15-31,32-16-11-8-12-17-32)33-18-20-34(50-6)21-19-33/h7-12,14-22,24,29-30,35,37-39,44H,13,25-28H2,1-6H3,(H,43,47,48)/t35-,37-,38-,39-,55?/m1/s1. The van der Waals surface area contributed by atoms with E-state index in [1.165, 1.54) is 16.8 Å². The molecule has 294 valence electrons. The summed E-state index contributed by atoms with van der Waals surface area (Å²) >= 11 is 0. The molecule has 3 aromatic carbocycles. The first-order chi connectivity index (χ1) is 26.6. The highest BCUT2D eigenvalue weighted by Gasteiger charge is 2.51. The lowest BCUT2D eigenvalue weighted by Gasteiger charge is -2.42. The number of ether oxygens (including phenoxy) is 4. The number of benzene rings is 3. The van der Waals surface area contributed by atoms with Crippen LogP contribution >= 0.6 is 8.53 Å². The summed E-state index contributed by atoms with van der Waals surface area (Å²) in [6.45, 7) is 9.00. The minimum absolute atomic E-state index is 0.0346. The number of nitrogens with zero attached hydrogens (tertiary/aromatic N) is 3. The quantitative estimate of drug-likeness (QED) is 0.0646. The van der Waals surface area contributed by atoms with Crippen LogP contribution in [0.25, 0.3) is 0 Å². The van der Waals surface area contributed by atoms with Gasteiger partial charge in [0.05, 0.1) is 57.6 Å². The molecule has 0 radical (unpaired) electrons. The smallest absolute Gasteiger partial charge is 0.330 e. The van der Waals surface area contributed by atoms with Gasteiger partial charge in [-0.05, 0) is 56.5 Å². The lowest BCUT2D eigenvalue weighted by molar-refractivity contribution is -0.0783. The van der Waals surface area contributed by atoms with Crippen molar-refractivity contribution in [3.63, 3.8) is 0 Å². The molecular weight excluding hydrogens is 721 g/mol. The van der Waals surface area contributed by atoms with Gasteiger partial charge in [-0.25, -0.2) is 9.46 Å². The molecule has 0 spiro atoms. The van der Waals surface area contributed by atoms with E-state index in [-0.39, 0.29) is 44.9 Å². The van der Waals surface area contributed by atoms with Gasteiger partial charge in [0.15, 0.2) is 6.23 Å². The molecular formula is C41H52N5O8P. The largest absolute Gasteiger partial charge is 0.497 e. The van der Waals surface area contributed by atoms with E-state index in [9.17, 15) is 14.9 Å². The summed E-state index contributed by atoms with van der Waals surface area (Å²) in [4.78, 5) is 28.0. The van der Waals surface area contributed by atoms with Crippen molar-refractivity contribution in [2.24, 2.45) is 0 Å². The summed E-state index contributed by atoms with van der Waals surface area (Å²) in [7, 11) is 1.58. The zero-order chi connectivity index (χ0) is 39.4. The van der Waals surface area contributed by atoms with Gasteiger partial charge in [-0.2, -0.15) is 5.26 Å². The van der Waals surface area contributed by atoms with Crippen molar-refractivity contribution >= 4 is 8.53 Å². The highest BCUT2D eigenvalue weighted by molar-refractivity contribution is 7.44. The molecule has 2 N–H and O–H groups in total. The maximum atomic E-state index is 13.4. The van der Waals surface area contributed by atoms with E-state index >= 15 is 0 Å². The Morgan fingerprint density at radius 3 is 2.04 bits per heavy atom. The van der Waals surface area contributed by atoms with Crippen LogP contribution in [-0.4, -0.2) is 85.2 Å². The molecule has 1 aliphatic rings. The first kappa shape index (κ1) is 41.9. The van der Waals surface area contributed by atoms with Gasteiger partial charge in [0.2, 0.25) is 0 Å². The third-order valence-corrected chi connectivity index (χ3v) is 11.5.